The zero-order chi connectivity index (χ0) is 20.4. The lowest BCUT2D eigenvalue weighted by atomic mass is 9.93. The molecule has 0 aliphatic carbocycles. The summed E-state index contributed by atoms with van der Waals surface area (Å²) in [6.45, 7) is 2.86. The van der Waals surface area contributed by atoms with Crippen molar-refractivity contribution in [3.05, 3.63) is 83.2 Å². The van der Waals surface area contributed by atoms with Gasteiger partial charge in [-0.1, -0.05) is 29.8 Å². The SMILES string of the molecule is Cc1cccc(-c2nccc([C@@H]3CCCN(C(=O)c4c(F)cccc4F)C3)n2)c1. The lowest BCUT2D eigenvalue weighted by Gasteiger charge is -2.32. The van der Waals surface area contributed by atoms with Crippen LogP contribution in [0.4, 0.5) is 8.78 Å². The topological polar surface area (TPSA) is 46.1 Å². The van der Waals surface area contributed by atoms with Crippen LogP contribution in [0.3, 0.4) is 0 Å². The minimum Gasteiger partial charge on any atom is -0.338 e. The first-order chi connectivity index (χ1) is 14.0. The van der Waals surface area contributed by atoms with E-state index in [0.717, 1.165) is 41.8 Å². The van der Waals surface area contributed by atoms with Gasteiger partial charge in [-0.15, -0.1) is 0 Å². The van der Waals surface area contributed by atoms with Gasteiger partial charge in [-0.2, -0.15) is 0 Å². The summed E-state index contributed by atoms with van der Waals surface area (Å²) in [6.07, 6.45) is 3.32. The molecular weight excluding hydrogens is 372 g/mol. The molecule has 1 atom stereocenters. The summed E-state index contributed by atoms with van der Waals surface area (Å²) < 4.78 is 28.1. The van der Waals surface area contributed by atoms with Crippen molar-refractivity contribution in [2.24, 2.45) is 0 Å². The van der Waals surface area contributed by atoms with E-state index < -0.39 is 23.1 Å². The molecule has 1 fully saturated rings. The van der Waals surface area contributed by atoms with Crippen LogP contribution < -0.4 is 0 Å². The molecule has 29 heavy (non-hydrogen) atoms. The van der Waals surface area contributed by atoms with Gasteiger partial charge in [-0.05, 0) is 44.0 Å². The van der Waals surface area contributed by atoms with E-state index in [1.165, 1.54) is 11.0 Å². The van der Waals surface area contributed by atoms with E-state index in [-0.39, 0.29) is 5.92 Å². The Bertz CT molecular complexity index is 1030. The van der Waals surface area contributed by atoms with Crippen molar-refractivity contribution in [2.75, 3.05) is 13.1 Å². The molecule has 0 saturated carbocycles. The van der Waals surface area contributed by atoms with Crippen molar-refractivity contribution in [2.45, 2.75) is 25.7 Å². The fourth-order valence-electron chi connectivity index (χ4n) is 3.79. The second-order valence-corrected chi connectivity index (χ2v) is 7.36. The number of hydrogen-bond acceptors (Lipinski definition) is 3. The number of benzene rings is 2. The van der Waals surface area contributed by atoms with Crippen LogP contribution in [0, 0.1) is 18.6 Å². The third-order valence-corrected chi connectivity index (χ3v) is 5.26. The van der Waals surface area contributed by atoms with Gasteiger partial charge in [0.05, 0.1) is 0 Å². The van der Waals surface area contributed by atoms with E-state index in [4.69, 9.17) is 4.98 Å². The Balaban J connectivity index is 1.58. The number of halogens is 2. The molecule has 4 rings (SSSR count). The van der Waals surface area contributed by atoms with Gasteiger partial charge in [-0.3, -0.25) is 4.79 Å². The molecule has 2 heterocycles. The first-order valence-corrected chi connectivity index (χ1v) is 9.66. The van der Waals surface area contributed by atoms with Gasteiger partial charge in [0, 0.05) is 36.5 Å². The van der Waals surface area contributed by atoms with Crippen LogP contribution in [0.25, 0.3) is 11.4 Å². The van der Waals surface area contributed by atoms with Crippen molar-refractivity contribution in [1.82, 2.24) is 14.9 Å². The van der Waals surface area contributed by atoms with Crippen molar-refractivity contribution < 1.29 is 13.6 Å². The molecule has 3 aromatic rings. The lowest BCUT2D eigenvalue weighted by Crippen LogP contribution is -2.40. The number of aromatic nitrogens is 2. The molecular formula is C23H21F2N3O. The van der Waals surface area contributed by atoms with Crippen molar-refractivity contribution in [3.63, 3.8) is 0 Å². The summed E-state index contributed by atoms with van der Waals surface area (Å²) in [7, 11) is 0. The number of carbonyl (C=O) groups excluding carboxylic acids is 1. The van der Waals surface area contributed by atoms with Crippen LogP contribution in [-0.4, -0.2) is 33.9 Å². The van der Waals surface area contributed by atoms with E-state index in [1.807, 2.05) is 37.3 Å². The number of nitrogens with zero attached hydrogens (tertiary/aromatic N) is 3. The molecule has 0 radical (unpaired) electrons. The summed E-state index contributed by atoms with van der Waals surface area (Å²) in [5, 5.41) is 0. The van der Waals surface area contributed by atoms with Gasteiger partial charge >= 0.3 is 0 Å². The van der Waals surface area contributed by atoms with E-state index in [0.29, 0.717) is 18.9 Å². The van der Waals surface area contributed by atoms with Crippen molar-refractivity contribution >= 4 is 5.91 Å². The number of hydrogen-bond donors (Lipinski definition) is 0. The molecule has 0 bridgehead atoms. The molecule has 148 valence electrons. The smallest absolute Gasteiger partial charge is 0.259 e. The standard InChI is InChI=1S/C23H21F2N3O/c1-15-5-2-6-16(13-15)22-26-11-10-20(27-22)17-7-4-12-28(14-17)23(29)21-18(24)8-3-9-19(21)25/h2-3,5-6,8-11,13,17H,4,7,12,14H2,1H3/t17-/m1/s1. The number of likely N-dealkylation sites (tertiary alicyclic amines) is 1. The maximum absolute atomic E-state index is 14.0. The molecule has 1 amide bonds. The number of piperidine rings is 1. The van der Waals surface area contributed by atoms with E-state index >= 15 is 0 Å². The highest BCUT2D eigenvalue weighted by Crippen LogP contribution is 2.28. The predicted molar refractivity (Wildman–Crippen MR) is 106 cm³/mol. The molecule has 0 N–H and O–H groups in total. The molecule has 0 unspecified atom stereocenters. The van der Waals surface area contributed by atoms with Crippen LogP contribution in [0.1, 0.15) is 40.4 Å². The van der Waals surface area contributed by atoms with Gasteiger partial charge in [-0.25, -0.2) is 18.7 Å². The van der Waals surface area contributed by atoms with Gasteiger partial charge in [0.1, 0.15) is 17.2 Å². The maximum Gasteiger partial charge on any atom is 0.259 e. The first kappa shape index (κ1) is 19.2. The number of rotatable bonds is 3. The average molecular weight is 393 g/mol. The Hall–Kier alpha value is -3.15. The van der Waals surface area contributed by atoms with Crippen LogP contribution in [-0.2, 0) is 0 Å². The summed E-state index contributed by atoms with van der Waals surface area (Å²) in [5.74, 6) is -1.65. The lowest BCUT2D eigenvalue weighted by molar-refractivity contribution is 0.0696. The van der Waals surface area contributed by atoms with Crippen LogP contribution in [0.2, 0.25) is 0 Å². The minimum atomic E-state index is -0.833. The number of aryl methyl sites for hydroxylation is 1. The quantitative estimate of drug-likeness (QED) is 0.645. The maximum atomic E-state index is 14.0. The highest BCUT2D eigenvalue weighted by molar-refractivity contribution is 5.94. The van der Waals surface area contributed by atoms with Gasteiger partial charge in [0.15, 0.2) is 5.82 Å². The normalized spacial score (nSPS) is 16.7. The molecule has 1 aliphatic heterocycles. The van der Waals surface area contributed by atoms with Crippen LogP contribution in [0.15, 0.2) is 54.7 Å². The summed E-state index contributed by atoms with van der Waals surface area (Å²) in [6, 6.07) is 13.3. The van der Waals surface area contributed by atoms with E-state index in [1.54, 1.807) is 6.20 Å². The Kier molecular flexibility index (Phi) is 5.34. The van der Waals surface area contributed by atoms with Crippen LogP contribution >= 0.6 is 0 Å². The monoisotopic (exact) mass is 393 g/mol. The highest BCUT2D eigenvalue weighted by Gasteiger charge is 2.29. The molecule has 1 aliphatic rings. The molecule has 2 aromatic carbocycles. The third kappa shape index (κ3) is 4.01. The Morgan fingerprint density at radius 3 is 2.62 bits per heavy atom. The fraction of sp³-hybridized carbons (Fsp3) is 0.261. The predicted octanol–water partition coefficient (Wildman–Crippen LogP) is 4.75. The molecule has 6 heteroatoms. The second kappa shape index (κ2) is 8.07. The molecule has 0 spiro atoms. The zero-order valence-electron chi connectivity index (χ0n) is 16.1. The average Bonchev–Trinajstić information content (AvgIpc) is 2.74. The van der Waals surface area contributed by atoms with Crippen LogP contribution in [0.5, 0.6) is 0 Å². The number of amides is 1. The Labute approximate surface area is 168 Å². The minimum absolute atomic E-state index is 0.00547. The van der Waals surface area contributed by atoms with E-state index in [2.05, 4.69) is 4.98 Å². The highest BCUT2D eigenvalue weighted by atomic mass is 19.1. The Morgan fingerprint density at radius 2 is 1.86 bits per heavy atom. The summed E-state index contributed by atoms with van der Waals surface area (Å²) in [5.41, 5.74) is 2.40. The van der Waals surface area contributed by atoms with Gasteiger partial charge < -0.3 is 4.90 Å². The second-order valence-electron chi connectivity index (χ2n) is 7.36. The van der Waals surface area contributed by atoms with Crippen molar-refractivity contribution in [3.8, 4) is 11.4 Å². The zero-order valence-corrected chi connectivity index (χ0v) is 16.1. The molecule has 1 aromatic heterocycles. The third-order valence-electron chi connectivity index (χ3n) is 5.26. The molecule has 4 nitrogen and oxygen atoms in total. The summed E-state index contributed by atoms with van der Waals surface area (Å²) >= 11 is 0. The first-order valence-electron chi connectivity index (χ1n) is 9.66. The number of carbonyl (C=O) groups is 1. The molecule has 1 saturated heterocycles. The van der Waals surface area contributed by atoms with Gasteiger partial charge in [0.2, 0.25) is 0 Å². The van der Waals surface area contributed by atoms with E-state index in [9.17, 15) is 13.6 Å². The largest absolute Gasteiger partial charge is 0.338 e. The Morgan fingerprint density at radius 1 is 1.10 bits per heavy atom. The van der Waals surface area contributed by atoms with Gasteiger partial charge in [0.25, 0.3) is 5.91 Å². The summed E-state index contributed by atoms with van der Waals surface area (Å²) in [4.78, 5) is 23.4. The van der Waals surface area contributed by atoms with Crippen molar-refractivity contribution in [1.29, 1.82) is 0 Å². The fourth-order valence-corrected chi connectivity index (χ4v) is 3.79.